The number of ketones is 1. The number of aromatic nitrogens is 1. The van der Waals surface area contributed by atoms with Gasteiger partial charge in [0, 0.05) is 37.7 Å². The maximum atomic E-state index is 12.2. The van der Waals surface area contributed by atoms with Gasteiger partial charge in [0.2, 0.25) is 0 Å². The van der Waals surface area contributed by atoms with Crippen LogP contribution >= 0.6 is 0 Å². The van der Waals surface area contributed by atoms with Gasteiger partial charge in [0.05, 0.1) is 0 Å². The number of hydrogen-bond donors (Lipinski definition) is 1. The van der Waals surface area contributed by atoms with Crippen molar-refractivity contribution < 1.29 is 9.90 Å². The van der Waals surface area contributed by atoms with E-state index in [1.165, 1.54) is 19.3 Å². The number of anilines is 1. The predicted octanol–water partition coefficient (Wildman–Crippen LogP) is 3.13. The van der Waals surface area contributed by atoms with E-state index in [-0.39, 0.29) is 18.0 Å². The van der Waals surface area contributed by atoms with Gasteiger partial charge in [-0.2, -0.15) is 0 Å². The standard InChI is InChI=1S/C19H22N2O2/c22-17(13-16-6-2-3-7-18(16)23)12-15-8-9-19(20-14-15)21-10-4-1-5-11-21/h2-3,6-9,14,23H,1,4-5,10-13H2. The van der Waals surface area contributed by atoms with Gasteiger partial charge in [0.25, 0.3) is 0 Å². The van der Waals surface area contributed by atoms with Gasteiger partial charge < -0.3 is 10.0 Å². The molecule has 1 N–H and O–H groups in total. The maximum Gasteiger partial charge on any atom is 0.141 e. The lowest BCUT2D eigenvalue weighted by Crippen LogP contribution is -2.30. The SMILES string of the molecule is O=C(Cc1ccc(N2CCCCC2)nc1)Cc1ccccc1O. The summed E-state index contributed by atoms with van der Waals surface area (Å²) in [4.78, 5) is 19.0. The number of rotatable bonds is 5. The van der Waals surface area contributed by atoms with E-state index in [1.54, 1.807) is 24.4 Å². The Bertz CT molecular complexity index is 661. The summed E-state index contributed by atoms with van der Waals surface area (Å²) in [7, 11) is 0. The number of pyridine rings is 1. The highest BCUT2D eigenvalue weighted by molar-refractivity contribution is 5.83. The second-order valence-electron chi connectivity index (χ2n) is 6.09. The van der Waals surface area contributed by atoms with E-state index < -0.39 is 0 Å². The predicted molar refractivity (Wildman–Crippen MR) is 90.8 cm³/mol. The molecule has 23 heavy (non-hydrogen) atoms. The Morgan fingerprint density at radius 1 is 1.04 bits per heavy atom. The molecule has 2 aromatic rings. The average Bonchev–Trinajstić information content (AvgIpc) is 2.58. The normalized spacial score (nSPS) is 14.7. The van der Waals surface area contributed by atoms with Crippen molar-refractivity contribution in [2.45, 2.75) is 32.1 Å². The summed E-state index contributed by atoms with van der Waals surface area (Å²) in [5.41, 5.74) is 1.60. The van der Waals surface area contributed by atoms with Crippen LogP contribution in [-0.2, 0) is 17.6 Å². The minimum absolute atomic E-state index is 0.0824. The quantitative estimate of drug-likeness (QED) is 0.922. The Balaban J connectivity index is 1.59. The lowest BCUT2D eigenvalue weighted by atomic mass is 10.0. The first-order valence-corrected chi connectivity index (χ1v) is 8.21. The van der Waals surface area contributed by atoms with Crippen molar-refractivity contribution in [3.05, 3.63) is 53.7 Å². The van der Waals surface area contributed by atoms with Crippen molar-refractivity contribution in [2.75, 3.05) is 18.0 Å². The smallest absolute Gasteiger partial charge is 0.141 e. The summed E-state index contributed by atoms with van der Waals surface area (Å²) in [6, 6.07) is 11.0. The minimum atomic E-state index is 0.0824. The molecule has 2 heterocycles. The molecule has 0 bridgehead atoms. The number of piperidine rings is 1. The molecule has 1 fully saturated rings. The summed E-state index contributed by atoms with van der Waals surface area (Å²) >= 11 is 0. The zero-order chi connectivity index (χ0) is 16.1. The van der Waals surface area contributed by atoms with Crippen molar-refractivity contribution >= 4 is 11.6 Å². The molecule has 4 nitrogen and oxygen atoms in total. The van der Waals surface area contributed by atoms with Crippen LogP contribution in [0.1, 0.15) is 30.4 Å². The Morgan fingerprint density at radius 3 is 2.52 bits per heavy atom. The molecule has 0 aliphatic carbocycles. The fraction of sp³-hybridized carbons (Fsp3) is 0.368. The Kier molecular flexibility index (Phi) is 4.91. The molecule has 120 valence electrons. The lowest BCUT2D eigenvalue weighted by molar-refractivity contribution is -0.117. The molecule has 1 aromatic carbocycles. The first-order chi connectivity index (χ1) is 11.2. The third kappa shape index (κ3) is 4.09. The fourth-order valence-corrected chi connectivity index (χ4v) is 2.99. The molecule has 3 rings (SSSR count). The molecular formula is C19H22N2O2. The van der Waals surface area contributed by atoms with Crippen LogP contribution in [0.4, 0.5) is 5.82 Å². The number of Topliss-reactive ketones (excluding diaryl/α,β-unsaturated/α-hetero) is 1. The van der Waals surface area contributed by atoms with Crippen LogP contribution in [0.2, 0.25) is 0 Å². The minimum Gasteiger partial charge on any atom is -0.508 e. The van der Waals surface area contributed by atoms with Gasteiger partial charge in [-0.25, -0.2) is 4.98 Å². The van der Waals surface area contributed by atoms with E-state index in [4.69, 9.17) is 0 Å². The highest BCUT2D eigenvalue weighted by atomic mass is 16.3. The number of hydrogen-bond acceptors (Lipinski definition) is 4. The van der Waals surface area contributed by atoms with E-state index in [0.717, 1.165) is 24.5 Å². The first kappa shape index (κ1) is 15.5. The topological polar surface area (TPSA) is 53.4 Å². The number of carbonyl (C=O) groups is 1. The van der Waals surface area contributed by atoms with Crippen LogP contribution in [0, 0.1) is 0 Å². The van der Waals surface area contributed by atoms with Crippen molar-refractivity contribution in [1.82, 2.24) is 4.98 Å². The zero-order valence-electron chi connectivity index (χ0n) is 13.2. The van der Waals surface area contributed by atoms with Crippen molar-refractivity contribution in [3.8, 4) is 5.75 Å². The van der Waals surface area contributed by atoms with Crippen LogP contribution in [-0.4, -0.2) is 29.0 Å². The number of benzene rings is 1. The lowest BCUT2D eigenvalue weighted by Gasteiger charge is -2.27. The van der Waals surface area contributed by atoms with E-state index in [0.29, 0.717) is 12.0 Å². The molecule has 1 aromatic heterocycles. The summed E-state index contributed by atoms with van der Waals surface area (Å²) in [5, 5.41) is 9.74. The van der Waals surface area contributed by atoms with E-state index in [2.05, 4.69) is 9.88 Å². The van der Waals surface area contributed by atoms with Gasteiger partial charge in [-0.1, -0.05) is 24.3 Å². The van der Waals surface area contributed by atoms with Gasteiger partial charge >= 0.3 is 0 Å². The van der Waals surface area contributed by atoms with Crippen molar-refractivity contribution in [1.29, 1.82) is 0 Å². The molecule has 1 aliphatic rings. The Morgan fingerprint density at radius 2 is 1.83 bits per heavy atom. The molecule has 0 amide bonds. The van der Waals surface area contributed by atoms with E-state index >= 15 is 0 Å². The number of carbonyl (C=O) groups excluding carboxylic acids is 1. The molecule has 0 spiro atoms. The molecule has 4 heteroatoms. The average molecular weight is 310 g/mol. The third-order valence-corrected chi connectivity index (χ3v) is 4.27. The zero-order valence-corrected chi connectivity index (χ0v) is 13.2. The monoisotopic (exact) mass is 310 g/mol. The van der Waals surface area contributed by atoms with Crippen molar-refractivity contribution in [3.63, 3.8) is 0 Å². The van der Waals surface area contributed by atoms with Crippen LogP contribution < -0.4 is 4.90 Å². The molecule has 1 saturated heterocycles. The number of phenolic OH excluding ortho intramolecular Hbond substituents is 1. The molecule has 0 atom stereocenters. The second kappa shape index (κ2) is 7.27. The summed E-state index contributed by atoms with van der Waals surface area (Å²) < 4.78 is 0. The van der Waals surface area contributed by atoms with Gasteiger partial charge in [-0.05, 0) is 37.0 Å². The Labute approximate surface area is 136 Å². The summed E-state index contributed by atoms with van der Waals surface area (Å²) in [6.07, 6.45) is 6.15. The number of para-hydroxylation sites is 1. The highest BCUT2D eigenvalue weighted by Crippen LogP contribution is 2.19. The van der Waals surface area contributed by atoms with Crippen molar-refractivity contribution in [2.24, 2.45) is 0 Å². The van der Waals surface area contributed by atoms with Gasteiger partial charge in [0.15, 0.2) is 0 Å². The molecule has 0 radical (unpaired) electrons. The summed E-state index contributed by atoms with van der Waals surface area (Å²) in [5.74, 6) is 1.26. The fourth-order valence-electron chi connectivity index (χ4n) is 2.99. The van der Waals surface area contributed by atoms with Gasteiger partial charge in [-0.3, -0.25) is 4.79 Å². The van der Waals surface area contributed by atoms with Crippen LogP contribution in [0.5, 0.6) is 5.75 Å². The Hall–Kier alpha value is -2.36. The molecule has 0 saturated carbocycles. The van der Waals surface area contributed by atoms with Gasteiger partial charge in [-0.15, -0.1) is 0 Å². The molecule has 0 unspecified atom stereocenters. The number of aromatic hydroxyl groups is 1. The molecular weight excluding hydrogens is 288 g/mol. The number of phenols is 1. The number of nitrogens with zero attached hydrogens (tertiary/aromatic N) is 2. The summed E-state index contributed by atoms with van der Waals surface area (Å²) in [6.45, 7) is 2.14. The highest BCUT2D eigenvalue weighted by Gasteiger charge is 2.13. The second-order valence-corrected chi connectivity index (χ2v) is 6.09. The van der Waals surface area contributed by atoms with Gasteiger partial charge in [0.1, 0.15) is 17.4 Å². The molecule has 1 aliphatic heterocycles. The van der Waals surface area contributed by atoms with Crippen LogP contribution in [0.15, 0.2) is 42.6 Å². The van der Waals surface area contributed by atoms with E-state index in [1.807, 2.05) is 18.2 Å². The van der Waals surface area contributed by atoms with E-state index in [9.17, 15) is 9.90 Å². The largest absolute Gasteiger partial charge is 0.508 e. The maximum absolute atomic E-state index is 12.2. The first-order valence-electron chi connectivity index (χ1n) is 8.21. The van der Waals surface area contributed by atoms with Crippen LogP contribution in [0.25, 0.3) is 0 Å². The van der Waals surface area contributed by atoms with Crippen LogP contribution in [0.3, 0.4) is 0 Å². The third-order valence-electron chi connectivity index (χ3n) is 4.27.